The molecule has 0 rings (SSSR count). The van der Waals surface area contributed by atoms with Crippen LogP contribution in [0.4, 0.5) is 0 Å². The molecule has 0 bridgehead atoms. The third-order valence-corrected chi connectivity index (χ3v) is 2.99. The highest BCUT2D eigenvalue weighted by Crippen LogP contribution is 2.09. The van der Waals surface area contributed by atoms with Gasteiger partial charge in [0.15, 0.2) is 0 Å². The zero-order chi connectivity index (χ0) is 13.3. The van der Waals surface area contributed by atoms with E-state index in [0.29, 0.717) is 12.5 Å². The minimum Gasteiger partial charge on any atom is -0.346 e. The molecule has 0 aromatic heterocycles. The normalized spacial score (nSPS) is 10.4. The molecule has 5 heteroatoms. The van der Waals surface area contributed by atoms with E-state index < -0.39 is 0 Å². The van der Waals surface area contributed by atoms with Gasteiger partial charge in [-0.05, 0) is 12.8 Å². The summed E-state index contributed by atoms with van der Waals surface area (Å²) in [5, 5.41) is 2.50. The van der Waals surface area contributed by atoms with Crippen LogP contribution in [0, 0.1) is 5.92 Å². The number of nitrogens with zero attached hydrogens (tertiary/aromatic N) is 1. The van der Waals surface area contributed by atoms with Crippen molar-refractivity contribution in [2.75, 3.05) is 26.2 Å². The first-order chi connectivity index (χ1) is 8.08. The summed E-state index contributed by atoms with van der Waals surface area (Å²) in [6.07, 6.45) is 2.13. The summed E-state index contributed by atoms with van der Waals surface area (Å²) >= 11 is 0. The van der Waals surface area contributed by atoms with Crippen LogP contribution in [-0.4, -0.2) is 42.9 Å². The van der Waals surface area contributed by atoms with E-state index in [1.807, 2.05) is 6.92 Å². The Balaban J connectivity index is 4.16. The molecule has 0 aromatic carbocycles. The molecule has 0 heterocycles. The van der Waals surface area contributed by atoms with E-state index in [9.17, 15) is 9.59 Å². The molecule has 0 aromatic rings. The van der Waals surface area contributed by atoms with Crippen molar-refractivity contribution in [2.45, 2.75) is 33.6 Å². The minimum absolute atomic E-state index is 0.0406. The summed E-state index contributed by atoms with van der Waals surface area (Å²) in [7, 11) is 0. The van der Waals surface area contributed by atoms with Gasteiger partial charge in [-0.1, -0.05) is 26.7 Å². The van der Waals surface area contributed by atoms with Crippen LogP contribution in [0.2, 0.25) is 0 Å². The van der Waals surface area contributed by atoms with Crippen LogP contribution in [0.5, 0.6) is 0 Å². The van der Waals surface area contributed by atoms with Gasteiger partial charge in [0.1, 0.15) is 0 Å². The standard InChI is InChI=1S/C12H25N3O2/c1-4-10(5-2)9-15(6-3)12(17)8-14-11(16)7-13/h10H,4-9,13H2,1-3H3,(H,14,16). The monoisotopic (exact) mass is 243 g/mol. The fourth-order valence-corrected chi connectivity index (χ4v) is 1.62. The Morgan fingerprint density at radius 1 is 1.24 bits per heavy atom. The van der Waals surface area contributed by atoms with Gasteiger partial charge in [-0.3, -0.25) is 9.59 Å². The first-order valence-corrected chi connectivity index (χ1v) is 6.33. The quantitative estimate of drug-likeness (QED) is 0.646. The van der Waals surface area contributed by atoms with E-state index in [1.165, 1.54) is 0 Å². The van der Waals surface area contributed by atoms with Crippen LogP contribution in [0.15, 0.2) is 0 Å². The number of hydrogen-bond acceptors (Lipinski definition) is 3. The lowest BCUT2D eigenvalue weighted by molar-refractivity contribution is -0.133. The zero-order valence-corrected chi connectivity index (χ0v) is 11.2. The number of hydrogen-bond donors (Lipinski definition) is 2. The summed E-state index contributed by atoms with van der Waals surface area (Å²) in [4.78, 5) is 24.6. The Morgan fingerprint density at radius 2 is 1.82 bits per heavy atom. The lowest BCUT2D eigenvalue weighted by atomic mass is 10.0. The summed E-state index contributed by atoms with van der Waals surface area (Å²) in [6.45, 7) is 7.61. The first-order valence-electron chi connectivity index (χ1n) is 6.33. The van der Waals surface area contributed by atoms with Crippen molar-refractivity contribution in [1.82, 2.24) is 10.2 Å². The van der Waals surface area contributed by atoms with Crippen molar-refractivity contribution < 1.29 is 9.59 Å². The number of nitrogens with one attached hydrogen (secondary N) is 1. The van der Waals surface area contributed by atoms with Crippen LogP contribution >= 0.6 is 0 Å². The van der Waals surface area contributed by atoms with Gasteiger partial charge in [0, 0.05) is 13.1 Å². The van der Waals surface area contributed by atoms with E-state index in [0.717, 1.165) is 19.4 Å². The van der Waals surface area contributed by atoms with Crippen molar-refractivity contribution in [3.05, 3.63) is 0 Å². The highest BCUT2D eigenvalue weighted by Gasteiger charge is 2.15. The molecule has 0 aliphatic heterocycles. The number of amides is 2. The summed E-state index contributed by atoms with van der Waals surface area (Å²) < 4.78 is 0. The molecular formula is C12H25N3O2. The lowest BCUT2D eigenvalue weighted by Crippen LogP contribution is -2.43. The summed E-state index contributed by atoms with van der Waals surface area (Å²) in [6, 6.07) is 0. The topological polar surface area (TPSA) is 75.4 Å². The number of nitrogens with two attached hydrogens (primary N) is 1. The Labute approximate surface area is 104 Å². The minimum atomic E-state index is -0.295. The van der Waals surface area contributed by atoms with E-state index in [1.54, 1.807) is 4.90 Å². The van der Waals surface area contributed by atoms with Gasteiger partial charge in [-0.2, -0.15) is 0 Å². The van der Waals surface area contributed by atoms with Crippen LogP contribution in [0.3, 0.4) is 0 Å². The molecule has 0 unspecified atom stereocenters. The average Bonchev–Trinajstić information content (AvgIpc) is 2.37. The van der Waals surface area contributed by atoms with Gasteiger partial charge >= 0.3 is 0 Å². The molecule has 100 valence electrons. The van der Waals surface area contributed by atoms with Gasteiger partial charge in [-0.25, -0.2) is 0 Å². The smallest absolute Gasteiger partial charge is 0.241 e. The molecule has 0 aliphatic carbocycles. The van der Waals surface area contributed by atoms with Crippen molar-refractivity contribution in [2.24, 2.45) is 11.7 Å². The zero-order valence-electron chi connectivity index (χ0n) is 11.2. The lowest BCUT2D eigenvalue weighted by Gasteiger charge is -2.25. The fraction of sp³-hybridized carbons (Fsp3) is 0.833. The number of rotatable bonds is 8. The maximum atomic E-state index is 11.8. The van der Waals surface area contributed by atoms with Gasteiger partial charge in [-0.15, -0.1) is 0 Å². The maximum absolute atomic E-state index is 11.8. The van der Waals surface area contributed by atoms with E-state index in [4.69, 9.17) is 5.73 Å². The second-order valence-electron chi connectivity index (χ2n) is 4.10. The Morgan fingerprint density at radius 3 is 2.24 bits per heavy atom. The van der Waals surface area contributed by atoms with Crippen molar-refractivity contribution in [3.8, 4) is 0 Å². The van der Waals surface area contributed by atoms with Crippen LogP contribution in [-0.2, 0) is 9.59 Å². The molecule has 0 saturated heterocycles. The highest BCUT2D eigenvalue weighted by atomic mass is 16.2. The molecule has 0 aliphatic rings. The molecule has 0 fully saturated rings. The van der Waals surface area contributed by atoms with E-state index in [-0.39, 0.29) is 24.9 Å². The van der Waals surface area contributed by atoms with E-state index >= 15 is 0 Å². The highest BCUT2D eigenvalue weighted by molar-refractivity contribution is 5.85. The van der Waals surface area contributed by atoms with Crippen LogP contribution < -0.4 is 11.1 Å². The number of carbonyl (C=O) groups is 2. The predicted octanol–water partition coefficient (Wildman–Crippen LogP) is 0.346. The summed E-state index contributed by atoms with van der Waals surface area (Å²) in [5.74, 6) is 0.197. The molecule has 0 atom stereocenters. The second kappa shape index (κ2) is 8.98. The van der Waals surface area contributed by atoms with Gasteiger partial charge in [0.2, 0.25) is 11.8 Å². The molecule has 0 saturated carbocycles. The van der Waals surface area contributed by atoms with Crippen molar-refractivity contribution in [1.29, 1.82) is 0 Å². The molecule has 3 N–H and O–H groups in total. The Bertz CT molecular complexity index is 240. The molecule has 17 heavy (non-hydrogen) atoms. The van der Waals surface area contributed by atoms with Crippen molar-refractivity contribution >= 4 is 11.8 Å². The van der Waals surface area contributed by atoms with Crippen molar-refractivity contribution in [3.63, 3.8) is 0 Å². The Kier molecular flexibility index (Phi) is 8.40. The number of carbonyl (C=O) groups excluding carboxylic acids is 2. The van der Waals surface area contributed by atoms with Gasteiger partial charge in [0.05, 0.1) is 13.1 Å². The third kappa shape index (κ3) is 6.26. The molecule has 0 radical (unpaired) electrons. The average molecular weight is 243 g/mol. The largest absolute Gasteiger partial charge is 0.346 e. The summed E-state index contributed by atoms with van der Waals surface area (Å²) in [5.41, 5.74) is 5.15. The fourth-order valence-electron chi connectivity index (χ4n) is 1.62. The van der Waals surface area contributed by atoms with Crippen LogP contribution in [0.1, 0.15) is 33.6 Å². The molecule has 5 nitrogen and oxygen atoms in total. The van der Waals surface area contributed by atoms with Crippen LogP contribution in [0.25, 0.3) is 0 Å². The first kappa shape index (κ1) is 15.9. The van der Waals surface area contributed by atoms with Gasteiger partial charge in [0.25, 0.3) is 0 Å². The molecular weight excluding hydrogens is 218 g/mol. The maximum Gasteiger partial charge on any atom is 0.241 e. The predicted molar refractivity (Wildman–Crippen MR) is 68.4 cm³/mol. The SMILES string of the molecule is CCC(CC)CN(CC)C(=O)CNC(=O)CN. The molecule has 0 spiro atoms. The Hall–Kier alpha value is -1.10. The van der Waals surface area contributed by atoms with Gasteiger partial charge < -0.3 is 16.0 Å². The second-order valence-corrected chi connectivity index (χ2v) is 4.10. The third-order valence-electron chi connectivity index (χ3n) is 2.99. The van der Waals surface area contributed by atoms with E-state index in [2.05, 4.69) is 19.2 Å². The molecule has 2 amide bonds. The number of likely N-dealkylation sites (N-methyl/N-ethyl adjacent to an activating group) is 1.